The average Bonchev–Trinajstić information content (AvgIpc) is 2.54. The number of benzene rings is 2. The zero-order valence-electron chi connectivity index (χ0n) is 12.1. The topological polar surface area (TPSA) is 69.7 Å². The molecule has 0 saturated heterocycles. The summed E-state index contributed by atoms with van der Waals surface area (Å²) in [4.78, 5) is 11.3. The lowest BCUT2D eigenvalue weighted by Gasteiger charge is -2.11. The van der Waals surface area contributed by atoms with Crippen LogP contribution in [0.2, 0.25) is 0 Å². The van der Waals surface area contributed by atoms with Crippen molar-refractivity contribution in [2.24, 2.45) is 0 Å². The van der Waals surface area contributed by atoms with E-state index in [1.807, 2.05) is 0 Å². The molecule has 0 aliphatic heterocycles. The molecule has 116 valence electrons. The van der Waals surface area contributed by atoms with Gasteiger partial charge in [0, 0.05) is 12.0 Å². The van der Waals surface area contributed by atoms with Crippen LogP contribution in [0.3, 0.4) is 0 Å². The van der Waals surface area contributed by atoms with Crippen LogP contribution in [-0.4, -0.2) is 14.4 Å². The molecule has 22 heavy (non-hydrogen) atoms. The highest BCUT2D eigenvalue weighted by atomic mass is 32.2. The van der Waals surface area contributed by atoms with Crippen LogP contribution in [0.5, 0.6) is 5.75 Å². The van der Waals surface area contributed by atoms with Crippen LogP contribution in [0.4, 0.5) is 0 Å². The Labute approximate surface area is 129 Å². The van der Waals surface area contributed by atoms with Gasteiger partial charge in [-0.15, -0.1) is 0 Å². The predicted molar refractivity (Wildman–Crippen MR) is 80.8 cm³/mol. The predicted octanol–water partition coefficient (Wildman–Crippen LogP) is 2.91. The van der Waals surface area contributed by atoms with Crippen molar-refractivity contribution < 1.29 is 22.1 Å². The summed E-state index contributed by atoms with van der Waals surface area (Å²) in [7, 11) is -3.92. The number of carbonyl (C=O) groups is 1. The SMILES string of the molecule is CCC(=O)OCc1ccccc1OS(=O)(=O)c1ccccc1. The Kier molecular flexibility index (Phi) is 5.16. The summed E-state index contributed by atoms with van der Waals surface area (Å²) >= 11 is 0. The molecule has 0 N–H and O–H groups in total. The molecule has 6 heteroatoms. The molecule has 0 atom stereocenters. The summed E-state index contributed by atoms with van der Waals surface area (Å²) in [5, 5.41) is 0. The van der Waals surface area contributed by atoms with E-state index in [0.29, 0.717) is 5.56 Å². The molecule has 0 aliphatic carbocycles. The van der Waals surface area contributed by atoms with Gasteiger partial charge in [-0.25, -0.2) is 0 Å². The molecule has 0 aliphatic rings. The minimum absolute atomic E-state index is 0.0346. The summed E-state index contributed by atoms with van der Waals surface area (Å²) < 4.78 is 34.6. The molecule has 0 radical (unpaired) electrons. The first kappa shape index (κ1) is 16.0. The van der Waals surface area contributed by atoms with Crippen molar-refractivity contribution in [2.75, 3.05) is 0 Å². The van der Waals surface area contributed by atoms with Crippen LogP contribution in [-0.2, 0) is 26.3 Å². The Morgan fingerprint density at radius 2 is 1.64 bits per heavy atom. The molecule has 2 aromatic rings. The Morgan fingerprint density at radius 3 is 2.32 bits per heavy atom. The number of rotatable bonds is 6. The zero-order chi connectivity index (χ0) is 16.0. The van der Waals surface area contributed by atoms with Gasteiger partial charge in [0.1, 0.15) is 17.3 Å². The maximum atomic E-state index is 12.2. The first-order valence-corrected chi connectivity index (χ1v) is 8.17. The van der Waals surface area contributed by atoms with E-state index < -0.39 is 10.1 Å². The van der Waals surface area contributed by atoms with Crippen LogP contribution in [0, 0.1) is 0 Å². The molecule has 2 aromatic carbocycles. The maximum Gasteiger partial charge on any atom is 0.339 e. The third-order valence-electron chi connectivity index (χ3n) is 2.88. The van der Waals surface area contributed by atoms with Crippen molar-refractivity contribution in [3.05, 3.63) is 60.2 Å². The highest BCUT2D eigenvalue weighted by Crippen LogP contribution is 2.23. The van der Waals surface area contributed by atoms with E-state index in [2.05, 4.69) is 0 Å². The normalized spacial score (nSPS) is 11.0. The van der Waals surface area contributed by atoms with Crippen LogP contribution in [0.15, 0.2) is 59.5 Å². The average molecular weight is 320 g/mol. The minimum atomic E-state index is -3.92. The molecule has 0 aromatic heterocycles. The van der Waals surface area contributed by atoms with Crippen LogP contribution < -0.4 is 4.18 Å². The largest absolute Gasteiger partial charge is 0.461 e. The first-order chi connectivity index (χ1) is 10.5. The van der Waals surface area contributed by atoms with Crippen molar-refractivity contribution in [3.63, 3.8) is 0 Å². The molecule has 2 rings (SSSR count). The summed E-state index contributed by atoms with van der Waals surface area (Å²) in [5.41, 5.74) is 0.490. The molecule has 5 nitrogen and oxygen atoms in total. The molecular weight excluding hydrogens is 304 g/mol. The number of para-hydroxylation sites is 1. The molecule has 0 bridgehead atoms. The fourth-order valence-corrected chi connectivity index (χ4v) is 2.70. The second-order valence-corrected chi connectivity index (χ2v) is 6.02. The van der Waals surface area contributed by atoms with Crippen LogP contribution in [0.1, 0.15) is 18.9 Å². The van der Waals surface area contributed by atoms with Crippen molar-refractivity contribution in [3.8, 4) is 5.75 Å². The Bertz CT molecular complexity index is 738. The first-order valence-electron chi connectivity index (χ1n) is 6.76. The van der Waals surface area contributed by atoms with E-state index in [9.17, 15) is 13.2 Å². The van der Waals surface area contributed by atoms with E-state index in [1.54, 1.807) is 43.3 Å². The molecule has 0 saturated carbocycles. The van der Waals surface area contributed by atoms with Gasteiger partial charge in [-0.05, 0) is 18.2 Å². The van der Waals surface area contributed by atoms with Gasteiger partial charge >= 0.3 is 16.1 Å². The summed E-state index contributed by atoms with van der Waals surface area (Å²) in [6.07, 6.45) is 0.255. The second kappa shape index (κ2) is 7.09. The molecule has 0 unspecified atom stereocenters. The Balaban J connectivity index is 2.21. The van der Waals surface area contributed by atoms with Gasteiger partial charge < -0.3 is 8.92 Å². The fraction of sp³-hybridized carbons (Fsp3) is 0.188. The van der Waals surface area contributed by atoms with E-state index in [1.165, 1.54) is 18.2 Å². The van der Waals surface area contributed by atoms with Crippen molar-refractivity contribution in [1.29, 1.82) is 0 Å². The minimum Gasteiger partial charge on any atom is -0.461 e. The van der Waals surface area contributed by atoms with Gasteiger partial charge in [-0.1, -0.05) is 43.3 Å². The number of esters is 1. The highest BCUT2D eigenvalue weighted by Gasteiger charge is 2.18. The fourth-order valence-electron chi connectivity index (χ4n) is 1.72. The van der Waals surface area contributed by atoms with E-state index in [0.717, 1.165) is 0 Å². The third kappa shape index (κ3) is 4.08. The summed E-state index contributed by atoms with van der Waals surface area (Å²) in [6, 6.07) is 14.4. The second-order valence-electron chi connectivity index (χ2n) is 4.47. The van der Waals surface area contributed by atoms with Crippen LogP contribution in [0.25, 0.3) is 0 Å². The molecular formula is C16H16O5S. The Morgan fingerprint density at radius 1 is 1.00 bits per heavy atom. The number of ether oxygens (including phenoxy) is 1. The maximum absolute atomic E-state index is 12.2. The smallest absolute Gasteiger partial charge is 0.339 e. The van der Waals surface area contributed by atoms with Gasteiger partial charge in [0.15, 0.2) is 0 Å². The summed E-state index contributed by atoms with van der Waals surface area (Å²) in [6.45, 7) is 1.65. The summed E-state index contributed by atoms with van der Waals surface area (Å²) in [5.74, 6) is -0.212. The standard InChI is InChI=1S/C16H16O5S/c1-2-16(17)20-12-13-8-6-7-11-15(13)21-22(18,19)14-9-4-3-5-10-14/h3-11H,2,12H2,1H3. The van der Waals surface area contributed by atoms with E-state index in [4.69, 9.17) is 8.92 Å². The lowest BCUT2D eigenvalue weighted by molar-refractivity contribution is -0.144. The van der Waals surface area contributed by atoms with Gasteiger partial charge in [-0.3, -0.25) is 4.79 Å². The molecule has 0 amide bonds. The monoisotopic (exact) mass is 320 g/mol. The van der Waals surface area contributed by atoms with Gasteiger partial charge in [0.25, 0.3) is 0 Å². The lowest BCUT2D eigenvalue weighted by atomic mass is 10.2. The van der Waals surface area contributed by atoms with Crippen molar-refractivity contribution in [2.45, 2.75) is 24.8 Å². The number of carbonyl (C=O) groups excluding carboxylic acids is 1. The quantitative estimate of drug-likeness (QED) is 0.604. The van der Waals surface area contributed by atoms with Gasteiger partial charge in [0.05, 0.1) is 0 Å². The molecule has 0 heterocycles. The lowest BCUT2D eigenvalue weighted by Crippen LogP contribution is -2.11. The molecule has 0 fully saturated rings. The van der Waals surface area contributed by atoms with Crippen LogP contribution >= 0.6 is 0 Å². The van der Waals surface area contributed by atoms with E-state index >= 15 is 0 Å². The van der Waals surface area contributed by atoms with Crippen molar-refractivity contribution >= 4 is 16.1 Å². The highest BCUT2D eigenvalue weighted by molar-refractivity contribution is 7.87. The van der Waals surface area contributed by atoms with Gasteiger partial charge in [0.2, 0.25) is 0 Å². The zero-order valence-corrected chi connectivity index (χ0v) is 12.9. The molecule has 0 spiro atoms. The van der Waals surface area contributed by atoms with Gasteiger partial charge in [-0.2, -0.15) is 8.42 Å². The Hall–Kier alpha value is -2.34. The van der Waals surface area contributed by atoms with Crippen molar-refractivity contribution in [1.82, 2.24) is 0 Å². The number of hydrogen-bond donors (Lipinski definition) is 0. The van der Waals surface area contributed by atoms with E-state index in [-0.39, 0.29) is 29.6 Å². The number of hydrogen-bond acceptors (Lipinski definition) is 5. The third-order valence-corrected chi connectivity index (χ3v) is 4.13.